The molecule has 0 radical (unpaired) electrons. The predicted octanol–water partition coefficient (Wildman–Crippen LogP) is 2.52. The summed E-state index contributed by atoms with van der Waals surface area (Å²) >= 11 is 0. The quantitative estimate of drug-likeness (QED) is 0.762. The average Bonchev–Trinajstić information content (AvgIpc) is 2.78. The number of piperidine rings is 2. The van der Waals surface area contributed by atoms with Gasteiger partial charge in [0.05, 0.1) is 10.6 Å². The number of anilines is 1. The fourth-order valence-electron chi connectivity index (χ4n) is 4.93. The van der Waals surface area contributed by atoms with Crippen LogP contribution in [0.25, 0.3) is 0 Å². The van der Waals surface area contributed by atoms with Gasteiger partial charge in [0, 0.05) is 37.7 Å². The molecule has 3 aliphatic heterocycles. The van der Waals surface area contributed by atoms with E-state index in [1.807, 2.05) is 4.90 Å². The van der Waals surface area contributed by atoms with Crippen LogP contribution in [0.3, 0.4) is 0 Å². The van der Waals surface area contributed by atoms with Crippen molar-refractivity contribution >= 4 is 27.5 Å². The third-order valence-corrected chi connectivity index (χ3v) is 8.75. The van der Waals surface area contributed by atoms with Gasteiger partial charge in [-0.15, -0.1) is 0 Å². The zero-order chi connectivity index (χ0) is 22.2. The lowest BCUT2D eigenvalue weighted by Gasteiger charge is -2.39. The normalized spacial score (nSPS) is 23.1. The molecule has 1 atom stereocenters. The topological polar surface area (TPSA) is 96.0 Å². The lowest BCUT2D eigenvalue weighted by molar-refractivity contribution is -0.140. The highest BCUT2D eigenvalue weighted by molar-refractivity contribution is 7.89. The van der Waals surface area contributed by atoms with Crippen LogP contribution >= 0.6 is 0 Å². The van der Waals surface area contributed by atoms with E-state index in [1.165, 1.54) is 16.8 Å². The molecule has 0 saturated carbocycles. The van der Waals surface area contributed by atoms with Gasteiger partial charge in [-0.3, -0.25) is 9.59 Å². The zero-order valence-corrected chi connectivity index (χ0v) is 19.0. The largest absolute Gasteiger partial charge is 0.482 e. The summed E-state index contributed by atoms with van der Waals surface area (Å²) in [7, 11) is -3.71. The molecule has 0 spiro atoms. The van der Waals surface area contributed by atoms with Crippen molar-refractivity contribution in [2.45, 2.75) is 63.3 Å². The van der Waals surface area contributed by atoms with Gasteiger partial charge in [0.25, 0.3) is 5.91 Å². The average molecular weight is 450 g/mol. The van der Waals surface area contributed by atoms with Crippen LogP contribution in [0.5, 0.6) is 5.75 Å². The molecule has 0 unspecified atom stereocenters. The Balaban J connectivity index is 1.46. The van der Waals surface area contributed by atoms with Gasteiger partial charge in [-0.05, 0) is 57.1 Å². The lowest BCUT2D eigenvalue weighted by Crippen LogP contribution is -2.49. The van der Waals surface area contributed by atoms with Crippen molar-refractivity contribution in [3.05, 3.63) is 17.7 Å². The smallest absolute Gasteiger partial charge is 0.262 e. The van der Waals surface area contributed by atoms with E-state index in [-0.39, 0.29) is 29.2 Å². The Morgan fingerprint density at radius 2 is 1.90 bits per heavy atom. The van der Waals surface area contributed by atoms with Crippen LogP contribution in [-0.2, 0) is 19.6 Å². The molecule has 0 aliphatic carbocycles. The van der Waals surface area contributed by atoms with Gasteiger partial charge < -0.3 is 15.0 Å². The SMILES string of the molecule is CC[C@@H]1CCCCN1C(=O)C1CCN(S(=O)(=O)c2cc3c(cc2C)NC(=O)CO3)CC1. The highest BCUT2D eigenvalue weighted by Gasteiger charge is 2.37. The van der Waals surface area contributed by atoms with Crippen LogP contribution in [0.15, 0.2) is 17.0 Å². The molecule has 3 heterocycles. The molecule has 2 saturated heterocycles. The Hall–Kier alpha value is -2.13. The number of aryl methyl sites for hydroxylation is 1. The van der Waals surface area contributed by atoms with Gasteiger partial charge in [-0.25, -0.2) is 8.42 Å². The van der Waals surface area contributed by atoms with Crippen molar-refractivity contribution in [1.82, 2.24) is 9.21 Å². The molecule has 4 rings (SSSR count). The second kappa shape index (κ2) is 8.78. The molecule has 170 valence electrons. The monoisotopic (exact) mass is 449 g/mol. The number of nitrogens with zero attached hydrogens (tertiary/aromatic N) is 2. The van der Waals surface area contributed by atoms with E-state index in [4.69, 9.17) is 4.74 Å². The molecule has 1 aromatic carbocycles. The summed E-state index contributed by atoms with van der Waals surface area (Å²) in [5, 5.41) is 2.70. The highest BCUT2D eigenvalue weighted by Crippen LogP contribution is 2.35. The van der Waals surface area contributed by atoms with E-state index < -0.39 is 10.0 Å². The van der Waals surface area contributed by atoms with E-state index >= 15 is 0 Å². The second-order valence-corrected chi connectivity index (χ2v) is 10.6. The van der Waals surface area contributed by atoms with Crippen molar-refractivity contribution in [1.29, 1.82) is 0 Å². The number of sulfonamides is 1. The molecule has 8 nitrogen and oxygen atoms in total. The fourth-order valence-corrected chi connectivity index (χ4v) is 6.62. The molecule has 2 amide bonds. The Labute approximate surface area is 184 Å². The highest BCUT2D eigenvalue weighted by atomic mass is 32.2. The van der Waals surface area contributed by atoms with Gasteiger partial charge in [-0.1, -0.05) is 6.92 Å². The van der Waals surface area contributed by atoms with Gasteiger partial charge in [0.15, 0.2) is 6.61 Å². The molecular formula is C22H31N3O5S. The maximum absolute atomic E-state index is 13.3. The number of rotatable bonds is 4. The first-order valence-corrected chi connectivity index (χ1v) is 12.6. The van der Waals surface area contributed by atoms with Crippen LogP contribution in [0.2, 0.25) is 0 Å². The second-order valence-electron chi connectivity index (χ2n) is 8.72. The van der Waals surface area contributed by atoms with E-state index in [9.17, 15) is 18.0 Å². The van der Waals surface area contributed by atoms with Crippen molar-refractivity contribution in [2.24, 2.45) is 5.92 Å². The number of benzene rings is 1. The minimum Gasteiger partial charge on any atom is -0.482 e. The lowest BCUT2D eigenvalue weighted by atomic mass is 9.92. The summed E-state index contributed by atoms with van der Waals surface area (Å²) in [5.41, 5.74) is 1.05. The fraction of sp³-hybridized carbons (Fsp3) is 0.636. The van der Waals surface area contributed by atoms with Crippen LogP contribution in [0, 0.1) is 12.8 Å². The number of likely N-dealkylation sites (tertiary alicyclic amines) is 1. The molecule has 3 aliphatic rings. The predicted molar refractivity (Wildman–Crippen MR) is 116 cm³/mol. The van der Waals surface area contributed by atoms with Gasteiger partial charge in [0.1, 0.15) is 5.75 Å². The van der Waals surface area contributed by atoms with E-state index in [0.29, 0.717) is 49.0 Å². The molecule has 0 aromatic heterocycles. The summed E-state index contributed by atoms with van der Waals surface area (Å²) in [4.78, 5) is 26.8. The van der Waals surface area contributed by atoms with E-state index in [2.05, 4.69) is 12.2 Å². The molecular weight excluding hydrogens is 418 g/mol. The van der Waals surface area contributed by atoms with Crippen molar-refractivity contribution in [3.63, 3.8) is 0 Å². The number of amides is 2. The number of ether oxygens (including phenoxy) is 1. The zero-order valence-electron chi connectivity index (χ0n) is 18.2. The molecule has 2 fully saturated rings. The van der Waals surface area contributed by atoms with Gasteiger partial charge in [0.2, 0.25) is 15.9 Å². The first-order chi connectivity index (χ1) is 14.8. The first kappa shape index (κ1) is 22.1. The summed E-state index contributed by atoms with van der Waals surface area (Å²) < 4.78 is 33.5. The number of hydrogen-bond acceptors (Lipinski definition) is 5. The number of carbonyl (C=O) groups is 2. The molecule has 31 heavy (non-hydrogen) atoms. The van der Waals surface area contributed by atoms with E-state index in [1.54, 1.807) is 13.0 Å². The van der Waals surface area contributed by atoms with Crippen LogP contribution < -0.4 is 10.1 Å². The number of hydrogen-bond donors (Lipinski definition) is 1. The Kier molecular flexibility index (Phi) is 6.25. The summed E-state index contributed by atoms with van der Waals surface area (Å²) in [6.07, 6.45) is 5.35. The third kappa shape index (κ3) is 4.30. The summed E-state index contributed by atoms with van der Waals surface area (Å²) in [5.74, 6) is 0.192. The maximum atomic E-state index is 13.3. The molecule has 9 heteroatoms. The Morgan fingerprint density at radius 3 is 2.61 bits per heavy atom. The third-order valence-electron chi connectivity index (χ3n) is 6.71. The molecule has 1 N–H and O–H groups in total. The van der Waals surface area contributed by atoms with Crippen molar-refractivity contribution in [2.75, 3.05) is 31.6 Å². The molecule has 0 bridgehead atoms. The number of carbonyl (C=O) groups excluding carboxylic acids is 2. The Morgan fingerprint density at radius 1 is 1.16 bits per heavy atom. The van der Waals surface area contributed by atoms with Crippen LogP contribution in [-0.4, -0.2) is 61.7 Å². The van der Waals surface area contributed by atoms with E-state index in [0.717, 1.165) is 25.8 Å². The maximum Gasteiger partial charge on any atom is 0.262 e. The van der Waals surface area contributed by atoms with Crippen LogP contribution in [0.1, 0.15) is 51.0 Å². The van der Waals surface area contributed by atoms with Crippen molar-refractivity contribution in [3.8, 4) is 5.75 Å². The van der Waals surface area contributed by atoms with Crippen molar-refractivity contribution < 1.29 is 22.7 Å². The summed E-state index contributed by atoms with van der Waals surface area (Å²) in [6, 6.07) is 3.45. The first-order valence-electron chi connectivity index (χ1n) is 11.2. The Bertz CT molecular complexity index is 970. The number of fused-ring (bicyclic) bond motifs is 1. The minimum atomic E-state index is -3.71. The summed E-state index contributed by atoms with van der Waals surface area (Å²) in [6.45, 7) is 5.20. The van der Waals surface area contributed by atoms with Crippen LogP contribution in [0.4, 0.5) is 5.69 Å². The minimum absolute atomic E-state index is 0.109. The standard InChI is InChI=1S/C22H31N3O5S/c1-3-17-6-4-5-9-25(17)22(27)16-7-10-24(11-8-16)31(28,29)20-13-19-18(12-15(20)2)23-21(26)14-30-19/h12-13,16-17H,3-11,14H2,1-2H3,(H,23,26)/t17-/m1/s1. The molecule has 1 aromatic rings. The van der Waals surface area contributed by atoms with Gasteiger partial charge in [-0.2, -0.15) is 4.31 Å². The van der Waals surface area contributed by atoms with Gasteiger partial charge >= 0.3 is 0 Å². The number of nitrogens with one attached hydrogen (secondary N) is 1.